The van der Waals surface area contributed by atoms with Gasteiger partial charge in [-0.25, -0.2) is 12.4 Å². The number of carbonyl (C=O) groups is 1. The van der Waals surface area contributed by atoms with E-state index < -0.39 is 10.0 Å². The SMILES string of the molecule is Cc1ccc(S(=O)(=O)n2c(-c3ccccc3)c(C(=O)C3CCCCC3)c3ccccc32)cc1. The molecule has 1 heterocycles. The fourth-order valence-electron chi connectivity index (χ4n) is 4.95. The number of Topliss-reactive ketones (excluding diaryl/α,β-unsaturated/α-hetero) is 1. The third kappa shape index (κ3) is 3.80. The van der Waals surface area contributed by atoms with Crippen LogP contribution in [0.4, 0.5) is 0 Å². The summed E-state index contributed by atoms with van der Waals surface area (Å²) in [6.45, 7) is 1.93. The number of aromatic nitrogens is 1. The van der Waals surface area contributed by atoms with Crippen molar-refractivity contribution in [2.75, 3.05) is 0 Å². The summed E-state index contributed by atoms with van der Waals surface area (Å²) < 4.78 is 29.4. The third-order valence-corrected chi connectivity index (χ3v) is 8.39. The summed E-state index contributed by atoms with van der Waals surface area (Å²) in [5.74, 6) is -0.00911. The molecule has 0 radical (unpaired) electrons. The molecular weight excluding hydrogens is 430 g/mol. The Hall–Kier alpha value is -3.18. The second kappa shape index (κ2) is 8.64. The van der Waals surface area contributed by atoms with E-state index in [1.165, 1.54) is 3.97 Å². The van der Waals surface area contributed by atoms with Crippen molar-refractivity contribution in [3.8, 4) is 11.3 Å². The zero-order valence-electron chi connectivity index (χ0n) is 18.7. The number of benzene rings is 3. The van der Waals surface area contributed by atoms with Gasteiger partial charge < -0.3 is 0 Å². The fourth-order valence-corrected chi connectivity index (χ4v) is 6.50. The monoisotopic (exact) mass is 457 g/mol. The molecule has 0 saturated heterocycles. The molecule has 1 saturated carbocycles. The molecule has 0 N–H and O–H groups in total. The molecule has 0 bridgehead atoms. The minimum absolute atomic E-state index is 0.0580. The number of carbonyl (C=O) groups excluding carboxylic acids is 1. The van der Waals surface area contributed by atoms with Gasteiger partial charge in [-0.3, -0.25) is 4.79 Å². The molecule has 0 unspecified atom stereocenters. The first-order valence-corrected chi connectivity index (χ1v) is 13.0. The van der Waals surface area contributed by atoms with Gasteiger partial charge in [-0.1, -0.05) is 85.5 Å². The van der Waals surface area contributed by atoms with Crippen LogP contribution in [0.2, 0.25) is 0 Å². The van der Waals surface area contributed by atoms with E-state index in [0.717, 1.165) is 43.2 Å². The molecule has 3 aromatic carbocycles. The van der Waals surface area contributed by atoms with E-state index >= 15 is 0 Å². The van der Waals surface area contributed by atoms with E-state index in [0.29, 0.717) is 22.2 Å². The van der Waals surface area contributed by atoms with Gasteiger partial charge in [0.1, 0.15) is 0 Å². The summed E-state index contributed by atoms with van der Waals surface area (Å²) in [5, 5.41) is 0.697. The van der Waals surface area contributed by atoms with Crippen molar-refractivity contribution in [1.29, 1.82) is 0 Å². The van der Waals surface area contributed by atoms with Crippen molar-refractivity contribution in [3.05, 3.63) is 90.0 Å². The molecule has 4 aromatic rings. The molecule has 0 aliphatic heterocycles. The number of rotatable bonds is 5. The summed E-state index contributed by atoms with van der Waals surface area (Å²) >= 11 is 0. The summed E-state index contributed by atoms with van der Waals surface area (Å²) in [6.07, 6.45) is 4.95. The molecule has 1 fully saturated rings. The second-order valence-electron chi connectivity index (χ2n) is 8.89. The zero-order chi connectivity index (χ0) is 23.0. The number of fused-ring (bicyclic) bond motifs is 1. The smallest absolute Gasteiger partial charge is 0.268 e. The predicted octanol–water partition coefficient (Wildman–Crippen LogP) is 6.62. The summed E-state index contributed by atoms with van der Waals surface area (Å²) in [7, 11) is -3.94. The molecule has 33 heavy (non-hydrogen) atoms. The fraction of sp³-hybridized carbons (Fsp3) is 0.250. The van der Waals surface area contributed by atoms with Crippen molar-refractivity contribution >= 4 is 26.7 Å². The Kier molecular flexibility index (Phi) is 5.67. The van der Waals surface area contributed by atoms with Crippen LogP contribution in [-0.4, -0.2) is 18.2 Å². The maximum atomic E-state index is 14.0. The zero-order valence-corrected chi connectivity index (χ0v) is 19.5. The Bertz CT molecular complexity index is 1410. The van der Waals surface area contributed by atoms with Gasteiger partial charge in [0.15, 0.2) is 5.78 Å². The van der Waals surface area contributed by atoms with Crippen molar-refractivity contribution in [2.24, 2.45) is 5.92 Å². The van der Waals surface area contributed by atoms with Crippen molar-refractivity contribution < 1.29 is 13.2 Å². The van der Waals surface area contributed by atoms with Crippen LogP contribution in [0.25, 0.3) is 22.2 Å². The lowest BCUT2D eigenvalue weighted by molar-refractivity contribution is 0.0892. The van der Waals surface area contributed by atoms with Gasteiger partial charge in [0.25, 0.3) is 10.0 Å². The van der Waals surface area contributed by atoms with Gasteiger partial charge in [-0.15, -0.1) is 0 Å². The Balaban J connectivity index is 1.84. The van der Waals surface area contributed by atoms with Crippen LogP contribution in [0.1, 0.15) is 48.0 Å². The van der Waals surface area contributed by atoms with Crippen LogP contribution < -0.4 is 0 Å². The van der Waals surface area contributed by atoms with Crippen LogP contribution >= 0.6 is 0 Å². The number of hydrogen-bond donors (Lipinski definition) is 0. The minimum atomic E-state index is -3.94. The first kappa shape index (κ1) is 21.7. The number of nitrogens with zero attached hydrogens (tertiary/aromatic N) is 1. The van der Waals surface area contributed by atoms with Crippen LogP contribution in [0.3, 0.4) is 0 Å². The highest BCUT2D eigenvalue weighted by molar-refractivity contribution is 7.90. The average Bonchev–Trinajstić information content (AvgIpc) is 3.21. The standard InChI is InChI=1S/C28H27NO3S/c1-20-16-18-23(19-17-20)33(31,32)29-25-15-9-8-14-24(25)26(27(29)21-10-4-2-5-11-21)28(30)22-12-6-3-7-13-22/h2,4-5,8-11,14-19,22H,3,6-7,12-13H2,1H3. The van der Waals surface area contributed by atoms with Gasteiger partial charge in [0.2, 0.25) is 0 Å². The Morgan fingerprint density at radius 3 is 2.15 bits per heavy atom. The molecule has 5 heteroatoms. The molecule has 168 valence electrons. The molecule has 4 nitrogen and oxygen atoms in total. The highest BCUT2D eigenvalue weighted by Crippen LogP contribution is 2.40. The molecule has 1 aromatic heterocycles. The molecule has 0 atom stereocenters. The quantitative estimate of drug-likeness (QED) is 0.317. The molecule has 1 aliphatic carbocycles. The summed E-state index contributed by atoms with van der Waals surface area (Å²) in [4.78, 5) is 14.1. The van der Waals surface area contributed by atoms with Gasteiger partial charge in [0, 0.05) is 16.9 Å². The van der Waals surface area contributed by atoms with E-state index in [1.54, 1.807) is 30.3 Å². The Labute approximate surface area is 194 Å². The van der Waals surface area contributed by atoms with E-state index in [2.05, 4.69) is 0 Å². The van der Waals surface area contributed by atoms with Crippen molar-refractivity contribution in [2.45, 2.75) is 43.9 Å². The maximum Gasteiger partial charge on any atom is 0.268 e. The predicted molar refractivity (Wildman–Crippen MR) is 132 cm³/mol. The normalized spacial score (nSPS) is 15.1. The maximum absolute atomic E-state index is 14.0. The van der Waals surface area contributed by atoms with Gasteiger partial charge in [-0.05, 0) is 38.0 Å². The summed E-state index contributed by atoms with van der Waals surface area (Å²) in [5.41, 5.74) is 3.25. The van der Waals surface area contributed by atoms with Crippen LogP contribution in [0.15, 0.2) is 83.8 Å². The summed E-state index contributed by atoms with van der Waals surface area (Å²) in [6, 6.07) is 23.7. The van der Waals surface area contributed by atoms with Crippen molar-refractivity contribution in [1.82, 2.24) is 3.97 Å². The topological polar surface area (TPSA) is 56.1 Å². The van der Waals surface area contributed by atoms with E-state index in [9.17, 15) is 13.2 Å². The van der Waals surface area contributed by atoms with Crippen LogP contribution in [-0.2, 0) is 10.0 Å². The molecular formula is C28H27NO3S. The number of aryl methyl sites for hydroxylation is 1. The largest absolute Gasteiger partial charge is 0.294 e. The van der Waals surface area contributed by atoms with E-state index in [-0.39, 0.29) is 16.6 Å². The second-order valence-corrected chi connectivity index (χ2v) is 10.7. The van der Waals surface area contributed by atoms with E-state index in [4.69, 9.17) is 0 Å². The third-order valence-electron chi connectivity index (χ3n) is 6.66. The highest BCUT2D eigenvalue weighted by Gasteiger charge is 2.33. The lowest BCUT2D eigenvalue weighted by Crippen LogP contribution is -2.20. The molecule has 0 spiro atoms. The number of hydrogen-bond acceptors (Lipinski definition) is 3. The first-order chi connectivity index (χ1) is 16.0. The van der Waals surface area contributed by atoms with Gasteiger partial charge in [0.05, 0.1) is 21.7 Å². The lowest BCUT2D eigenvalue weighted by atomic mass is 9.82. The van der Waals surface area contributed by atoms with Crippen LogP contribution in [0, 0.1) is 12.8 Å². The first-order valence-electron chi connectivity index (χ1n) is 11.5. The molecule has 1 aliphatic rings. The van der Waals surface area contributed by atoms with E-state index in [1.807, 2.05) is 55.5 Å². The highest BCUT2D eigenvalue weighted by atomic mass is 32.2. The lowest BCUT2D eigenvalue weighted by Gasteiger charge is -2.21. The van der Waals surface area contributed by atoms with Crippen LogP contribution in [0.5, 0.6) is 0 Å². The van der Waals surface area contributed by atoms with Gasteiger partial charge in [-0.2, -0.15) is 0 Å². The number of para-hydroxylation sites is 1. The molecule has 0 amide bonds. The molecule has 5 rings (SSSR count). The average molecular weight is 458 g/mol. The number of ketones is 1. The Morgan fingerprint density at radius 2 is 1.45 bits per heavy atom. The van der Waals surface area contributed by atoms with Crippen molar-refractivity contribution in [3.63, 3.8) is 0 Å². The Morgan fingerprint density at radius 1 is 0.818 bits per heavy atom. The van der Waals surface area contributed by atoms with Gasteiger partial charge >= 0.3 is 0 Å². The minimum Gasteiger partial charge on any atom is -0.294 e.